The number of nitrogens with zero attached hydrogens (tertiary/aromatic N) is 4. The molecule has 3 aromatic carbocycles. The fourth-order valence-corrected chi connectivity index (χ4v) is 7.02. The van der Waals surface area contributed by atoms with Crippen LogP contribution in [0, 0.1) is 11.6 Å². The van der Waals surface area contributed by atoms with Gasteiger partial charge in [0.05, 0.1) is 21.2 Å². The summed E-state index contributed by atoms with van der Waals surface area (Å²) >= 11 is 24.4. The Morgan fingerprint density at radius 2 is 1.18 bits per heavy atom. The highest BCUT2D eigenvalue weighted by Gasteiger charge is 2.26. The number of rotatable bonds is 6. The number of phenols is 1. The molecule has 0 saturated carbocycles. The predicted octanol–water partition coefficient (Wildman–Crippen LogP) is 8.91. The lowest BCUT2D eigenvalue weighted by Gasteiger charge is -2.17. The molecule has 0 fully saturated rings. The highest BCUT2D eigenvalue weighted by Crippen LogP contribution is 2.37. The minimum absolute atomic E-state index is 0.0312. The molecule has 8 nitrogen and oxygen atoms in total. The van der Waals surface area contributed by atoms with Gasteiger partial charge < -0.3 is 9.84 Å². The zero-order valence-corrected chi connectivity index (χ0v) is 29.0. The van der Waals surface area contributed by atoms with Crippen LogP contribution in [-0.4, -0.2) is 30.4 Å². The smallest absolute Gasteiger partial charge is 0.276 e. The molecule has 0 unspecified atom stereocenters. The van der Waals surface area contributed by atoms with Gasteiger partial charge in [0.1, 0.15) is 40.0 Å². The molecular weight excluding hydrogens is 720 g/mol. The van der Waals surface area contributed by atoms with Crippen molar-refractivity contribution in [3.05, 3.63) is 119 Å². The summed E-state index contributed by atoms with van der Waals surface area (Å²) in [6.45, 7) is 2.63. The second-order valence-corrected chi connectivity index (χ2v) is 13.0. The van der Waals surface area contributed by atoms with Crippen LogP contribution in [0.2, 0.25) is 20.4 Å². The number of aromatic nitrogens is 4. The van der Waals surface area contributed by atoms with Crippen molar-refractivity contribution in [1.29, 1.82) is 0 Å². The molecule has 0 amide bonds. The quantitative estimate of drug-likeness (QED) is 0.188. The second kappa shape index (κ2) is 14.9. The summed E-state index contributed by atoms with van der Waals surface area (Å²) < 4.78 is 40.9. The Kier molecular flexibility index (Phi) is 10.6. The molecule has 4 heterocycles. The zero-order valence-electron chi connectivity index (χ0n) is 25.9. The van der Waals surface area contributed by atoms with Crippen molar-refractivity contribution < 1.29 is 18.6 Å². The van der Waals surface area contributed by atoms with Crippen molar-refractivity contribution in [2.75, 3.05) is 6.61 Å². The minimum atomic E-state index is -0.685. The lowest BCUT2D eigenvalue weighted by atomic mass is 10.1. The third-order valence-electron chi connectivity index (χ3n) is 8.37. The molecular formula is C35H30Cl4F2N4O4. The Morgan fingerprint density at radius 3 is 1.71 bits per heavy atom. The molecule has 0 atom stereocenters. The van der Waals surface area contributed by atoms with Crippen LogP contribution in [0.5, 0.6) is 11.5 Å². The minimum Gasteiger partial charge on any atom is -0.506 e. The summed E-state index contributed by atoms with van der Waals surface area (Å²) in [4.78, 5) is 25.2. The molecule has 0 aliphatic carbocycles. The Hall–Kier alpha value is -3.96. The summed E-state index contributed by atoms with van der Waals surface area (Å²) in [7, 11) is 0. The van der Waals surface area contributed by atoms with Gasteiger partial charge in [-0.05, 0) is 61.6 Å². The van der Waals surface area contributed by atoms with E-state index >= 15 is 0 Å². The first-order valence-corrected chi connectivity index (χ1v) is 17.1. The summed E-state index contributed by atoms with van der Waals surface area (Å²) in [5.41, 5.74) is 0.671. The molecule has 14 heteroatoms. The number of halogens is 6. The average Bonchev–Trinajstić information content (AvgIpc) is 3.50. The van der Waals surface area contributed by atoms with Crippen molar-refractivity contribution in [3.8, 4) is 33.8 Å². The molecule has 5 aromatic rings. The lowest BCUT2D eigenvalue weighted by Crippen LogP contribution is -2.27. The third-order valence-corrected chi connectivity index (χ3v) is 9.73. The number of fused-ring (bicyclic) bond motifs is 2. The molecule has 256 valence electrons. The number of hydrogen-bond donors (Lipinski definition) is 1. The average molecular weight is 750 g/mol. The molecule has 0 bridgehead atoms. The fourth-order valence-electron chi connectivity index (χ4n) is 5.95. The van der Waals surface area contributed by atoms with Crippen LogP contribution < -0.4 is 15.9 Å². The van der Waals surface area contributed by atoms with Crippen molar-refractivity contribution >= 4 is 52.5 Å². The van der Waals surface area contributed by atoms with Crippen molar-refractivity contribution in [2.24, 2.45) is 0 Å². The summed E-state index contributed by atoms with van der Waals surface area (Å²) in [6, 6.07) is 14.5. The molecule has 2 aliphatic heterocycles. The molecule has 0 spiro atoms. The molecule has 0 radical (unpaired) electrons. The van der Waals surface area contributed by atoms with Gasteiger partial charge >= 0.3 is 0 Å². The predicted molar refractivity (Wildman–Crippen MR) is 189 cm³/mol. The Labute approximate surface area is 299 Å². The van der Waals surface area contributed by atoms with E-state index in [0.717, 1.165) is 49.4 Å². The summed E-state index contributed by atoms with van der Waals surface area (Å²) in [5.74, 6) is -1.28. The SMILES string of the molecule is O=c1c(-c2cc(O)c(Cl)cc2F)c(Cl)n2n1CCCC2.O=c1c(-c2cc(OC/C=C/c3ccccc3)c(Cl)cc2F)c(Cl)n2n1CCCC2. The van der Waals surface area contributed by atoms with Gasteiger partial charge in [-0.3, -0.25) is 19.0 Å². The van der Waals surface area contributed by atoms with Gasteiger partial charge in [-0.2, -0.15) is 0 Å². The van der Waals surface area contributed by atoms with Crippen LogP contribution in [0.1, 0.15) is 31.2 Å². The third kappa shape index (κ3) is 7.05. The number of hydrogen-bond acceptors (Lipinski definition) is 4. The number of phenolic OH excluding ortho intramolecular Hbond substituents is 1. The van der Waals surface area contributed by atoms with E-state index in [2.05, 4.69) is 0 Å². The van der Waals surface area contributed by atoms with E-state index in [1.165, 1.54) is 10.7 Å². The first-order valence-electron chi connectivity index (χ1n) is 15.6. The molecule has 2 aliphatic rings. The maximum Gasteiger partial charge on any atom is 0.276 e. The largest absolute Gasteiger partial charge is 0.506 e. The number of aromatic hydroxyl groups is 1. The first kappa shape index (κ1) is 34.9. The van der Waals surface area contributed by atoms with E-state index in [4.69, 9.17) is 51.1 Å². The fraction of sp³-hybridized carbons (Fsp3) is 0.257. The molecule has 7 rings (SSSR count). The van der Waals surface area contributed by atoms with E-state index in [1.54, 1.807) is 14.0 Å². The van der Waals surface area contributed by atoms with Crippen molar-refractivity contribution in [1.82, 2.24) is 18.7 Å². The normalized spacial score (nSPS) is 13.9. The van der Waals surface area contributed by atoms with Crippen LogP contribution in [0.3, 0.4) is 0 Å². The van der Waals surface area contributed by atoms with E-state index in [-0.39, 0.29) is 66.1 Å². The Balaban J connectivity index is 0.000000182. The van der Waals surface area contributed by atoms with E-state index in [9.17, 15) is 23.5 Å². The first-order chi connectivity index (χ1) is 23.6. The van der Waals surface area contributed by atoms with Gasteiger partial charge in [-0.1, -0.05) is 82.8 Å². The molecule has 49 heavy (non-hydrogen) atoms. The lowest BCUT2D eigenvalue weighted by molar-refractivity contribution is 0.356. The Bertz CT molecular complexity index is 2170. The van der Waals surface area contributed by atoms with Gasteiger partial charge in [0.25, 0.3) is 11.1 Å². The van der Waals surface area contributed by atoms with Gasteiger partial charge in [0, 0.05) is 37.3 Å². The second-order valence-electron chi connectivity index (χ2n) is 11.5. The molecule has 2 aromatic heterocycles. The highest BCUT2D eigenvalue weighted by molar-refractivity contribution is 6.34. The van der Waals surface area contributed by atoms with Crippen LogP contribution in [0.25, 0.3) is 28.3 Å². The van der Waals surface area contributed by atoms with Crippen LogP contribution in [0.4, 0.5) is 8.78 Å². The van der Waals surface area contributed by atoms with Crippen LogP contribution in [-0.2, 0) is 26.2 Å². The van der Waals surface area contributed by atoms with E-state index in [1.807, 2.05) is 42.5 Å². The number of benzene rings is 3. The maximum atomic E-state index is 14.7. The highest BCUT2D eigenvalue weighted by atomic mass is 35.5. The van der Waals surface area contributed by atoms with Crippen molar-refractivity contribution in [2.45, 2.75) is 51.9 Å². The standard InChI is InChI=1S/C22H19Cl2FN2O2.C13H11Cl2FN2O2/c23-17-14-18(25)16(20-21(24)26-10-4-5-11-27(26)22(20)28)13-19(17)29-12-6-9-15-7-2-1-3-8-15;14-8-6-9(16)7(5-10(8)19)11-12(15)17-3-1-2-4-18(17)13(11)20/h1-3,6-9,13-14H,4-5,10-12H2;5-6,19H,1-4H2/b9-6+;. The van der Waals surface area contributed by atoms with Crippen LogP contribution >= 0.6 is 46.4 Å². The number of ether oxygens (including phenoxy) is 1. The Morgan fingerprint density at radius 1 is 0.694 bits per heavy atom. The van der Waals surface area contributed by atoms with Crippen molar-refractivity contribution in [3.63, 3.8) is 0 Å². The molecule has 0 saturated heterocycles. The van der Waals surface area contributed by atoms with E-state index < -0.39 is 11.6 Å². The topological polar surface area (TPSA) is 83.3 Å². The van der Waals surface area contributed by atoms with Crippen LogP contribution in [0.15, 0.2) is 70.3 Å². The van der Waals surface area contributed by atoms with Gasteiger partial charge in [0.15, 0.2) is 0 Å². The van der Waals surface area contributed by atoms with Gasteiger partial charge in [-0.15, -0.1) is 0 Å². The monoisotopic (exact) mass is 748 g/mol. The molecule has 1 N–H and O–H groups in total. The zero-order chi connectivity index (χ0) is 34.8. The maximum absolute atomic E-state index is 14.7. The van der Waals surface area contributed by atoms with E-state index in [0.29, 0.717) is 31.9 Å². The summed E-state index contributed by atoms with van der Waals surface area (Å²) in [6.07, 6.45) is 7.39. The van der Waals surface area contributed by atoms with Gasteiger partial charge in [-0.25, -0.2) is 18.1 Å². The van der Waals surface area contributed by atoms with Gasteiger partial charge in [0.2, 0.25) is 0 Å². The summed E-state index contributed by atoms with van der Waals surface area (Å²) in [5, 5.41) is 10.1.